The molecule has 4 nitrogen and oxygen atoms in total. The number of para-hydroxylation sites is 1. The second-order valence-corrected chi connectivity index (χ2v) is 6.08. The number of amides is 1. The van der Waals surface area contributed by atoms with Gasteiger partial charge in [-0.05, 0) is 43.7 Å². The SMILES string of the molecule is CC(C)(N)CNC(=O)c1ccccc1OCc1ccc(F)cc1. The number of halogens is 1. The molecule has 0 aliphatic carbocycles. The molecule has 3 N–H and O–H groups in total. The van der Waals surface area contributed by atoms with Crippen molar-refractivity contribution in [3.05, 3.63) is 65.5 Å². The summed E-state index contributed by atoms with van der Waals surface area (Å²) in [5, 5.41) is 2.79. The topological polar surface area (TPSA) is 64.3 Å². The normalized spacial score (nSPS) is 11.1. The van der Waals surface area contributed by atoms with Crippen molar-refractivity contribution < 1.29 is 13.9 Å². The van der Waals surface area contributed by atoms with Gasteiger partial charge in [-0.2, -0.15) is 0 Å². The highest BCUT2D eigenvalue weighted by Gasteiger charge is 2.16. The average molecular weight is 316 g/mol. The van der Waals surface area contributed by atoms with Crippen molar-refractivity contribution in [1.29, 1.82) is 0 Å². The maximum Gasteiger partial charge on any atom is 0.255 e. The Labute approximate surface area is 135 Å². The number of hydrogen-bond acceptors (Lipinski definition) is 3. The van der Waals surface area contributed by atoms with Crippen LogP contribution in [-0.4, -0.2) is 18.0 Å². The van der Waals surface area contributed by atoms with Crippen LogP contribution in [0.25, 0.3) is 0 Å². The molecule has 5 heteroatoms. The first kappa shape index (κ1) is 17.0. The van der Waals surface area contributed by atoms with Crippen molar-refractivity contribution in [2.45, 2.75) is 26.0 Å². The van der Waals surface area contributed by atoms with Gasteiger partial charge < -0.3 is 15.8 Å². The van der Waals surface area contributed by atoms with Crippen molar-refractivity contribution in [2.75, 3.05) is 6.54 Å². The second kappa shape index (κ2) is 7.24. The van der Waals surface area contributed by atoms with E-state index < -0.39 is 5.54 Å². The summed E-state index contributed by atoms with van der Waals surface area (Å²) in [6.07, 6.45) is 0. The van der Waals surface area contributed by atoms with E-state index in [0.29, 0.717) is 17.9 Å². The van der Waals surface area contributed by atoms with Gasteiger partial charge in [0.05, 0.1) is 5.56 Å². The van der Waals surface area contributed by atoms with Crippen molar-refractivity contribution in [3.8, 4) is 5.75 Å². The molecule has 0 fully saturated rings. The highest BCUT2D eigenvalue weighted by molar-refractivity contribution is 5.96. The molecule has 0 radical (unpaired) electrons. The Balaban J connectivity index is 2.05. The number of nitrogens with one attached hydrogen (secondary N) is 1. The quantitative estimate of drug-likeness (QED) is 0.861. The maximum absolute atomic E-state index is 12.9. The number of nitrogens with two attached hydrogens (primary N) is 1. The van der Waals surface area contributed by atoms with E-state index in [1.807, 2.05) is 13.8 Å². The van der Waals surface area contributed by atoms with Gasteiger partial charge in [0.2, 0.25) is 0 Å². The summed E-state index contributed by atoms with van der Waals surface area (Å²) in [5.74, 6) is -0.0553. The molecule has 0 atom stereocenters. The number of hydrogen-bond donors (Lipinski definition) is 2. The van der Waals surface area contributed by atoms with E-state index in [1.165, 1.54) is 12.1 Å². The number of carbonyl (C=O) groups excluding carboxylic acids is 1. The molecule has 2 rings (SSSR count). The minimum Gasteiger partial charge on any atom is -0.488 e. The van der Waals surface area contributed by atoms with Gasteiger partial charge in [-0.25, -0.2) is 4.39 Å². The average Bonchev–Trinajstić information content (AvgIpc) is 2.52. The summed E-state index contributed by atoms with van der Waals surface area (Å²) in [6, 6.07) is 13.0. The summed E-state index contributed by atoms with van der Waals surface area (Å²) in [7, 11) is 0. The highest BCUT2D eigenvalue weighted by Crippen LogP contribution is 2.19. The van der Waals surface area contributed by atoms with Gasteiger partial charge in [0.1, 0.15) is 18.2 Å². The van der Waals surface area contributed by atoms with Gasteiger partial charge in [-0.1, -0.05) is 24.3 Å². The number of carbonyl (C=O) groups is 1. The fourth-order valence-electron chi connectivity index (χ4n) is 1.93. The molecular formula is C18H21FN2O2. The zero-order valence-electron chi connectivity index (χ0n) is 13.3. The van der Waals surface area contributed by atoms with E-state index in [9.17, 15) is 9.18 Å². The molecule has 0 aliphatic heterocycles. The van der Waals surface area contributed by atoms with Crippen LogP contribution < -0.4 is 15.8 Å². The van der Waals surface area contributed by atoms with E-state index in [4.69, 9.17) is 10.5 Å². The van der Waals surface area contributed by atoms with Crippen LogP contribution in [0.3, 0.4) is 0 Å². The van der Waals surface area contributed by atoms with Crippen LogP contribution in [0.1, 0.15) is 29.8 Å². The Kier molecular flexibility index (Phi) is 5.34. The molecule has 0 unspecified atom stereocenters. The van der Waals surface area contributed by atoms with E-state index in [1.54, 1.807) is 36.4 Å². The van der Waals surface area contributed by atoms with Crippen molar-refractivity contribution in [2.24, 2.45) is 5.73 Å². The molecule has 1 amide bonds. The zero-order chi connectivity index (χ0) is 16.9. The van der Waals surface area contributed by atoms with E-state index in [-0.39, 0.29) is 18.3 Å². The van der Waals surface area contributed by atoms with Crippen LogP contribution >= 0.6 is 0 Å². The molecular weight excluding hydrogens is 295 g/mol. The third-order valence-corrected chi connectivity index (χ3v) is 3.14. The van der Waals surface area contributed by atoms with Crippen LogP contribution in [0.2, 0.25) is 0 Å². The first-order chi connectivity index (χ1) is 10.8. The summed E-state index contributed by atoms with van der Waals surface area (Å²) in [5.41, 5.74) is 6.65. The minimum absolute atomic E-state index is 0.238. The molecule has 0 aliphatic rings. The van der Waals surface area contributed by atoms with Gasteiger partial charge in [-0.3, -0.25) is 4.79 Å². The summed E-state index contributed by atoms with van der Waals surface area (Å²) < 4.78 is 18.6. The second-order valence-electron chi connectivity index (χ2n) is 6.08. The Morgan fingerprint density at radius 1 is 1.17 bits per heavy atom. The zero-order valence-corrected chi connectivity index (χ0v) is 13.3. The standard InChI is InChI=1S/C18H21FN2O2/c1-18(2,20)12-21-17(22)15-5-3-4-6-16(15)23-11-13-7-9-14(19)10-8-13/h3-10H,11-12,20H2,1-2H3,(H,21,22). The molecule has 0 spiro atoms. The lowest BCUT2D eigenvalue weighted by Crippen LogP contribution is -2.45. The molecule has 0 bridgehead atoms. The molecule has 2 aromatic carbocycles. The minimum atomic E-state index is -0.487. The molecule has 2 aromatic rings. The first-order valence-electron chi connectivity index (χ1n) is 7.38. The Morgan fingerprint density at radius 2 is 1.83 bits per heavy atom. The Morgan fingerprint density at radius 3 is 2.48 bits per heavy atom. The maximum atomic E-state index is 12.9. The first-order valence-corrected chi connectivity index (χ1v) is 7.38. The number of ether oxygens (including phenoxy) is 1. The largest absolute Gasteiger partial charge is 0.488 e. The molecule has 23 heavy (non-hydrogen) atoms. The van der Waals surface area contributed by atoms with Crippen LogP contribution in [0.4, 0.5) is 4.39 Å². The molecule has 0 saturated heterocycles. The van der Waals surface area contributed by atoms with Gasteiger partial charge >= 0.3 is 0 Å². The monoisotopic (exact) mass is 316 g/mol. The lowest BCUT2D eigenvalue weighted by Gasteiger charge is -2.19. The van der Waals surface area contributed by atoms with Crippen molar-refractivity contribution in [1.82, 2.24) is 5.32 Å². The van der Waals surface area contributed by atoms with Crippen LogP contribution in [0.5, 0.6) is 5.75 Å². The highest BCUT2D eigenvalue weighted by atomic mass is 19.1. The lowest BCUT2D eigenvalue weighted by atomic mass is 10.1. The third kappa shape index (κ3) is 5.38. The molecule has 0 aromatic heterocycles. The van der Waals surface area contributed by atoms with E-state index in [2.05, 4.69) is 5.32 Å². The molecule has 0 saturated carbocycles. The third-order valence-electron chi connectivity index (χ3n) is 3.14. The predicted molar refractivity (Wildman–Crippen MR) is 87.8 cm³/mol. The fraction of sp³-hybridized carbons (Fsp3) is 0.278. The Bertz CT molecular complexity index is 663. The smallest absolute Gasteiger partial charge is 0.255 e. The number of benzene rings is 2. The van der Waals surface area contributed by atoms with Gasteiger partial charge in [-0.15, -0.1) is 0 Å². The van der Waals surface area contributed by atoms with Crippen LogP contribution in [0, 0.1) is 5.82 Å². The Hall–Kier alpha value is -2.40. The molecule has 0 heterocycles. The van der Waals surface area contributed by atoms with Crippen LogP contribution in [-0.2, 0) is 6.61 Å². The summed E-state index contributed by atoms with van der Waals surface area (Å²) in [6.45, 7) is 4.29. The van der Waals surface area contributed by atoms with E-state index in [0.717, 1.165) is 5.56 Å². The lowest BCUT2D eigenvalue weighted by molar-refractivity contribution is 0.0941. The van der Waals surface area contributed by atoms with Crippen LogP contribution in [0.15, 0.2) is 48.5 Å². The van der Waals surface area contributed by atoms with Gasteiger partial charge in [0, 0.05) is 12.1 Å². The predicted octanol–water partition coefficient (Wildman–Crippen LogP) is 2.87. The fourth-order valence-corrected chi connectivity index (χ4v) is 1.93. The van der Waals surface area contributed by atoms with Gasteiger partial charge in [0.15, 0.2) is 0 Å². The van der Waals surface area contributed by atoms with Crippen molar-refractivity contribution in [3.63, 3.8) is 0 Å². The number of rotatable bonds is 6. The van der Waals surface area contributed by atoms with Crippen molar-refractivity contribution >= 4 is 5.91 Å². The summed E-state index contributed by atoms with van der Waals surface area (Å²) in [4.78, 5) is 12.3. The summed E-state index contributed by atoms with van der Waals surface area (Å²) >= 11 is 0. The van der Waals surface area contributed by atoms with E-state index >= 15 is 0 Å². The molecule has 122 valence electrons. The van der Waals surface area contributed by atoms with Gasteiger partial charge in [0.25, 0.3) is 5.91 Å².